The van der Waals surface area contributed by atoms with Crippen molar-refractivity contribution in [1.29, 1.82) is 0 Å². The average Bonchev–Trinajstić information content (AvgIpc) is 2.52. The molecule has 0 amide bonds. The highest BCUT2D eigenvalue weighted by atomic mass is 16.6. The van der Waals surface area contributed by atoms with E-state index in [0.717, 1.165) is 25.7 Å². The van der Waals surface area contributed by atoms with Gasteiger partial charge in [-0.1, -0.05) is 18.2 Å². The molecule has 1 aromatic rings. The second-order valence-electron chi connectivity index (χ2n) is 7.43. The molecule has 130 valence electrons. The minimum absolute atomic E-state index is 0.283. The van der Waals surface area contributed by atoms with Gasteiger partial charge in [-0.05, 0) is 76.0 Å². The third kappa shape index (κ3) is 5.52. The van der Waals surface area contributed by atoms with Crippen LogP contribution in [-0.4, -0.2) is 22.6 Å². The first-order valence-corrected chi connectivity index (χ1v) is 8.49. The van der Waals surface area contributed by atoms with E-state index in [-0.39, 0.29) is 5.97 Å². The van der Waals surface area contributed by atoms with Crippen LogP contribution >= 0.6 is 0 Å². The topological polar surface area (TPSA) is 63.6 Å². The van der Waals surface area contributed by atoms with E-state index in [0.29, 0.717) is 17.4 Å². The highest BCUT2D eigenvalue weighted by Gasteiger charge is 2.21. The molecule has 1 aromatic carbocycles. The molecule has 4 heteroatoms. The van der Waals surface area contributed by atoms with E-state index in [2.05, 4.69) is 0 Å². The summed E-state index contributed by atoms with van der Waals surface area (Å²) in [4.78, 5) is 22.6. The maximum atomic E-state index is 11.7. The summed E-state index contributed by atoms with van der Waals surface area (Å²) in [6.45, 7) is 5.58. The quantitative estimate of drug-likeness (QED) is 0.649. The van der Waals surface area contributed by atoms with Gasteiger partial charge in [-0.2, -0.15) is 0 Å². The van der Waals surface area contributed by atoms with Crippen LogP contribution in [0.5, 0.6) is 0 Å². The van der Waals surface area contributed by atoms with Crippen molar-refractivity contribution >= 4 is 11.9 Å². The van der Waals surface area contributed by atoms with E-state index in [1.807, 2.05) is 39.0 Å². The van der Waals surface area contributed by atoms with Crippen molar-refractivity contribution in [2.24, 2.45) is 5.92 Å². The fourth-order valence-corrected chi connectivity index (χ4v) is 3.09. The molecule has 0 aromatic heterocycles. The molecule has 0 heterocycles. The van der Waals surface area contributed by atoms with Crippen LogP contribution < -0.4 is 0 Å². The number of rotatable bonds is 4. The largest absolute Gasteiger partial charge is 0.478 e. The van der Waals surface area contributed by atoms with Crippen molar-refractivity contribution in [3.05, 3.63) is 47.5 Å². The first-order chi connectivity index (χ1) is 11.2. The molecule has 4 nitrogen and oxygen atoms in total. The van der Waals surface area contributed by atoms with Gasteiger partial charge in [0.25, 0.3) is 0 Å². The first-order valence-electron chi connectivity index (χ1n) is 8.49. The van der Waals surface area contributed by atoms with E-state index < -0.39 is 11.6 Å². The van der Waals surface area contributed by atoms with Crippen molar-refractivity contribution in [3.8, 4) is 0 Å². The Labute approximate surface area is 143 Å². The lowest BCUT2D eigenvalue weighted by Gasteiger charge is -2.27. The lowest BCUT2D eigenvalue weighted by molar-refractivity contribution is -0.148. The van der Waals surface area contributed by atoms with E-state index in [9.17, 15) is 9.59 Å². The van der Waals surface area contributed by atoms with Gasteiger partial charge in [-0.3, -0.25) is 0 Å². The van der Waals surface area contributed by atoms with E-state index in [1.165, 1.54) is 5.56 Å². The molecule has 0 aliphatic heterocycles. The lowest BCUT2D eigenvalue weighted by Crippen LogP contribution is -2.22. The lowest BCUT2D eigenvalue weighted by atomic mass is 9.78. The second-order valence-corrected chi connectivity index (χ2v) is 7.43. The van der Waals surface area contributed by atoms with Crippen LogP contribution in [0.2, 0.25) is 0 Å². The van der Waals surface area contributed by atoms with Crippen molar-refractivity contribution in [2.45, 2.75) is 58.0 Å². The highest BCUT2D eigenvalue weighted by molar-refractivity contribution is 5.87. The van der Waals surface area contributed by atoms with Crippen LogP contribution in [0.1, 0.15) is 68.3 Å². The monoisotopic (exact) mass is 330 g/mol. The molecule has 24 heavy (non-hydrogen) atoms. The van der Waals surface area contributed by atoms with Crippen molar-refractivity contribution in [3.63, 3.8) is 0 Å². The van der Waals surface area contributed by atoms with Crippen LogP contribution in [0.4, 0.5) is 0 Å². The Morgan fingerprint density at radius 1 is 1.08 bits per heavy atom. The number of hydrogen-bond donors (Lipinski definition) is 1. The standard InChI is InChI=1S/C20H26O4/c1-20(2,3)24-18(21)13-6-14-4-7-15(8-5-14)16-9-11-17(12-10-16)19(22)23/h6,9-15H,4-5,7-8H2,1-3H3,(H,22,23)/b13-6+. The van der Waals surface area contributed by atoms with Crippen molar-refractivity contribution in [2.75, 3.05) is 0 Å². The number of ether oxygens (including phenoxy) is 1. The Kier molecular flexibility index (Phi) is 5.81. The highest BCUT2D eigenvalue weighted by Crippen LogP contribution is 2.36. The summed E-state index contributed by atoms with van der Waals surface area (Å²) in [5.74, 6) is -0.294. The number of carbonyl (C=O) groups is 2. The zero-order chi connectivity index (χ0) is 17.7. The van der Waals surface area contributed by atoms with Gasteiger partial charge < -0.3 is 9.84 Å². The molecule has 0 saturated heterocycles. The van der Waals surface area contributed by atoms with Crippen LogP contribution in [0.3, 0.4) is 0 Å². The number of carboxylic acid groups (broad SMARTS) is 1. The van der Waals surface area contributed by atoms with Crippen LogP contribution in [0.15, 0.2) is 36.4 Å². The zero-order valence-corrected chi connectivity index (χ0v) is 14.6. The molecule has 1 aliphatic carbocycles. The number of hydrogen-bond acceptors (Lipinski definition) is 3. The summed E-state index contributed by atoms with van der Waals surface area (Å²) in [5, 5.41) is 8.95. The summed E-state index contributed by atoms with van der Waals surface area (Å²) >= 11 is 0. The van der Waals surface area contributed by atoms with Crippen molar-refractivity contribution < 1.29 is 19.4 Å². The zero-order valence-electron chi connectivity index (χ0n) is 14.6. The van der Waals surface area contributed by atoms with Gasteiger partial charge in [-0.15, -0.1) is 0 Å². The molecule has 0 bridgehead atoms. The van der Waals surface area contributed by atoms with Crippen LogP contribution in [-0.2, 0) is 9.53 Å². The molecule has 0 atom stereocenters. The third-order valence-electron chi connectivity index (χ3n) is 4.31. The number of aromatic carboxylic acids is 1. The minimum Gasteiger partial charge on any atom is -0.478 e. The van der Waals surface area contributed by atoms with E-state index in [4.69, 9.17) is 9.84 Å². The SMILES string of the molecule is CC(C)(C)OC(=O)/C=C/C1CCC(c2ccc(C(=O)O)cc2)CC1. The predicted molar refractivity (Wildman–Crippen MR) is 93.1 cm³/mol. The first kappa shape index (κ1) is 18.2. The fraction of sp³-hybridized carbons (Fsp3) is 0.500. The van der Waals surface area contributed by atoms with Gasteiger partial charge in [0, 0.05) is 6.08 Å². The molecular formula is C20H26O4. The number of carboxylic acids is 1. The number of benzene rings is 1. The number of carbonyl (C=O) groups excluding carboxylic acids is 1. The molecule has 1 N–H and O–H groups in total. The molecule has 1 fully saturated rings. The summed E-state index contributed by atoms with van der Waals surface area (Å²) in [6.07, 6.45) is 7.69. The van der Waals surface area contributed by atoms with Gasteiger partial charge in [0.05, 0.1) is 5.56 Å². The minimum atomic E-state index is -0.891. The maximum Gasteiger partial charge on any atom is 0.335 e. The van der Waals surface area contributed by atoms with Gasteiger partial charge in [0.2, 0.25) is 0 Å². The van der Waals surface area contributed by atoms with Gasteiger partial charge >= 0.3 is 11.9 Å². The van der Waals surface area contributed by atoms with Crippen LogP contribution in [0.25, 0.3) is 0 Å². The van der Waals surface area contributed by atoms with E-state index >= 15 is 0 Å². The number of esters is 1. The molecule has 0 spiro atoms. The summed E-state index contributed by atoms with van der Waals surface area (Å²) in [7, 11) is 0. The maximum absolute atomic E-state index is 11.7. The van der Waals surface area contributed by atoms with Gasteiger partial charge in [-0.25, -0.2) is 9.59 Å². The van der Waals surface area contributed by atoms with Gasteiger partial charge in [0.1, 0.15) is 5.60 Å². The summed E-state index contributed by atoms with van der Waals surface area (Å²) in [6, 6.07) is 7.19. The van der Waals surface area contributed by atoms with Gasteiger partial charge in [0.15, 0.2) is 0 Å². The predicted octanol–water partition coefficient (Wildman–Crippen LogP) is 4.56. The fourth-order valence-electron chi connectivity index (χ4n) is 3.09. The Bertz CT molecular complexity index is 600. The molecule has 2 rings (SSSR count). The number of allylic oxidation sites excluding steroid dienone is 1. The Morgan fingerprint density at radius 2 is 1.67 bits per heavy atom. The molecular weight excluding hydrogens is 304 g/mol. The Hall–Kier alpha value is -2.10. The molecule has 1 saturated carbocycles. The summed E-state index contributed by atoms with van der Waals surface area (Å²) < 4.78 is 5.28. The van der Waals surface area contributed by atoms with Crippen molar-refractivity contribution in [1.82, 2.24) is 0 Å². The van der Waals surface area contributed by atoms with E-state index in [1.54, 1.807) is 18.2 Å². The molecule has 0 radical (unpaired) electrons. The third-order valence-corrected chi connectivity index (χ3v) is 4.31. The summed E-state index contributed by atoms with van der Waals surface area (Å²) in [5.41, 5.74) is 1.07. The molecule has 1 aliphatic rings. The van der Waals surface area contributed by atoms with Crippen LogP contribution in [0, 0.1) is 5.92 Å². The smallest absolute Gasteiger partial charge is 0.335 e. The molecule has 0 unspecified atom stereocenters. The Morgan fingerprint density at radius 3 is 2.17 bits per heavy atom. The Balaban J connectivity index is 1.85. The normalized spacial score (nSPS) is 21.6. The average molecular weight is 330 g/mol. The second kappa shape index (κ2) is 7.65.